The highest BCUT2D eigenvalue weighted by atomic mass is 16.5. The first-order valence-electron chi connectivity index (χ1n) is 10.1. The lowest BCUT2D eigenvalue weighted by Crippen LogP contribution is -2.36. The number of nitrogens with one attached hydrogen (secondary N) is 2. The molecule has 1 aliphatic carbocycles. The topological polar surface area (TPSA) is 50.4 Å². The zero-order valence-corrected chi connectivity index (χ0v) is 16.5. The highest BCUT2D eigenvalue weighted by Gasteiger charge is 2.35. The molecular weight excluding hydrogens is 360 g/mol. The molecule has 2 N–H and O–H groups in total. The van der Waals surface area contributed by atoms with Gasteiger partial charge in [-0.2, -0.15) is 0 Å². The summed E-state index contributed by atoms with van der Waals surface area (Å²) >= 11 is 0. The van der Waals surface area contributed by atoms with Crippen molar-refractivity contribution in [2.24, 2.45) is 5.92 Å². The Hall–Kier alpha value is -3.11. The van der Waals surface area contributed by atoms with Crippen LogP contribution < -0.4 is 15.4 Å². The smallest absolute Gasteiger partial charge is 0.246 e. The first-order valence-corrected chi connectivity index (χ1v) is 10.1. The van der Waals surface area contributed by atoms with Crippen LogP contribution in [0.1, 0.15) is 36.1 Å². The van der Waals surface area contributed by atoms with Crippen molar-refractivity contribution in [2.45, 2.75) is 24.9 Å². The van der Waals surface area contributed by atoms with Gasteiger partial charge in [0, 0.05) is 11.7 Å². The van der Waals surface area contributed by atoms with E-state index < -0.39 is 6.04 Å². The van der Waals surface area contributed by atoms with E-state index >= 15 is 0 Å². The number of carbonyl (C=O) groups is 1. The summed E-state index contributed by atoms with van der Waals surface area (Å²) in [5, 5.41) is 6.71. The highest BCUT2D eigenvalue weighted by molar-refractivity contribution is 5.95. The summed E-state index contributed by atoms with van der Waals surface area (Å²) in [4.78, 5) is 13.2. The Morgan fingerprint density at radius 1 is 0.862 bits per heavy atom. The highest BCUT2D eigenvalue weighted by Crippen LogP contribution is 2.42. The fourth-order valence-electron chi connectivity index (χ4n) is 3.63. The third-order valence-corrected chi connectivity index (χ3v) is 5.35. The molecule has 0 radical (unpaired) electrons. The van der Waals surface area contributed by atoms with Crippen LogP contribution in [-0.4, -0.2) is 13.0 Å². The number of para-hydroxylation sites is 1. The first kappa shape index (κ1) is 19.2. The van der Waals surface area contributed by atoms with E-state index in [1.54, 1.807) is 7.11 Å². The molecule has 0 saturated heterocycles. The Bertz CT molecular complexity index is 922. The lowest BCUT2D eigenvalue weighted by atomic mass is 9.98. The molecule has 29 heavy (non-hydrogen) atoms. The van der Waals surface area contributed by atoms with Gasteiger partial charge in [-0.25, -0.2) is 0 Å². The zero-order chi connectivity index (χ0) is 20.1. The molecule has 1 amide bonds. The molecule has 3 aromatic carbocycles. The van der Waals surface area contributed by atoms with Gasteiger partial charge in [0.25, 0.3) is 0 Å². The van der Waals surface area contributed by atoms with Crippen molar-refractivity contribution in [1.29, 1.82) is 0 Å². The monoisotopic (exact) mass is 386 g/mol. The molecule has 0 spiro atoms. The molecule has 0 aliphatic heterocycles. The van der Waals surface area contributed by atoms with Crippen molar-refractivity contribution in [3.05, 3.63) is 96.1 Å². The minimum Gasteiger partial charge on any atom is -0.497 e. The van der Waals surface area contributed by atoms with E-state index in [1.807, 2.05) is 72.8 Å². The van der Waals surface area contributed by atoms with Crippen LogP contribution in [0, 0.1) is 5.92 Å². The Morgan fingerprint density at radius 3 is 2.07 bits per heavy atom. The molecule has 4 rings (SSSR count). The van der Waals surface area contributed by atoms with Crippen molar-refractivity contribution < 1.29 is 9.53 Å². The maximum absolute atomic E-state index is 13.2. The maximum Gasteiger partial charge on any atom is 0.246 e. The second-order valence-electron chi connectivity index (χ2n) is 7.45. The van der Waals surface area contributed by atoms with E-state index in [0.29, 0.717) is 5.92 Å². The van der Waals surface area contributed by atoms with Crippen molar-refractivity contribution in [1.82, 2.24) is 5.32 Å². The summed E-state index contributed by atoms with van der Waals surface area (Å²) in [6.45, 7) is 0. The SMILES string of the molecule is COc1ccc(C(NC(C(=O)Nc2ccccc2)c2ccccc2)C2CC2)cc1. The summed E-state index contributed by atoms with van der Waals surface area (Å²) in [6, 6.07) is 27.3. The number of benzene rings is 3. The van der Waals surface area contributed by atoms with Gasteiger partial charge in [-0.05, 0) is 54.2 Å². The largest absolute Gasteiger partial charge is 0.497 e. The molecule has 0 heterocycles. The summed E-state index contributed by atoms with van der Waals surface area (Å²) in [6.07, 6.45) is 2.34. The molecule has 4 nitrogen and oxygen atoms in total. The number of carbonyl (C=O) groups excluding carboxylic acids is 1. The second-order valence-corrected chi connectivity index (χ2v) is 7.45. The standard InChI is InChI=1S/C25H26N2O2/c1-29-22-16-14-20(15-17-22)23(19-12-13-19)27-24(18-8-4-2-5-9-18)25(28)26-21-10-6-3-7-11-21/h2-11,14-17,19,23-24,27H,12-13H2,1H3,(H,26,28). The first-order chi connectivity index (χ1) is 14.2. The minimum atomic E-state index is -0.441. The van der Waals surface area contributed by atoms with Crippen molar-refractivity contribution in [3.8, 4) is 5.75 Å². The fourth-order valence-corrected chi connectivity index (χ4v) is 3.63. The van der Waals surface area contributed by atoms with Crippen LogP contribution in [0.25, 0.3) is 0 Å². The summed E-state index contributed by atoms with van der Waals surface area (Å²) in [5.41, 5.74) is 2.94. The molecule has 1 aliphatic rings. The summed E-state index contributed by atoms with van der Waals surface area (Å²) in [7, 11) is 1.67. The molecule has 2 atom stereocenters. The Morgan fingerprint density at radius 2 is 1.48 bits per heavy atom. The summed E-state index contributed by atoms with van der Waals surface area (Å²) < 4.78 is 5.30. The summed E-state index contributed by atoms with van der Waals surface area (Å²) in [5.74, 6) is 1.32. The van der Waals surface area contributed by atoms with Crippen LogP contribution in [0.3, 0.4) is 0 Å². The van der Waals surface area contributed by atoms with Gasteiger partial charge in [0.05, 0.1) is 7.11 Å². The number of amides is 1. The van der Waals surface area contributed by atoms with Gasteiger partial charge in [-0.3, -0.25) is 10.1 Å². The van der Waals surface area contributed by atoms with Gasteiger partial charge in [0.15, 0.2) is 0 Å². The molecule has 148 valence electrons. The average Bonchev–Trinajstić information content (AvgIpc) is 3.61. The van der Waals surface area contributed by atoms with Crippen LogP contribution in [0.4, 0.5) is 5.69 Å². The third kappa shape index (κ3) is 4.84. The van der Waals surface area contributed by atoms with Crippen LogP contribution in [0.2, 0.25) is 0 Å². The van der Waals surface area contributed by atoms with Crippen LogP contribution in [0.15, 0.2) is 84.9 Å². The van der Waals surface area contributed by atoms with Gasteiger partial charge in [-0.1, -0.05) is 60.7 Å². The molecule has 1 saturated carbocycles. The number of ether oxygens (including phenoxy) is 1. The van der Waals surface area contributed by atoms with Gasteiger partial charge >= 0.3 is 0 Å². The molecule has 0 bridgehead atoms. The van der Waals surface area contributed by atoms with E-state index in [2.05, 4.69) is 22.8 Å². The average molecular weight is 386 g/mol. The second kappa shape index (κ2) is 8.93. The predicted octanol–water partition coefficient (Wildman–Crippen LogP) is 5.12. The number of methoxy groups -OCH3 is 1. The third-order valence-electron chi connectivity index (χ3n) is 5.35. The maximum atomic E-state index is 13.2. The number of rotatable bonds is 8. The number of hydrogen-bond donors (Lipinski definition) is 2. The molecule has 3 aromatic rings. The van der Waals surface area contributed by atoms with E-state index in [-0.39, 0.29) is 11.9 Å². The van der Waals surface area contributed by atoms with Crippen molar-refractivity contribution in [2.75, 3.05) is 12.4 Å². The van der Waals surface area contributed by atoms with Gasteiger partial charge in [0.2, 0.25) is 5.91 Å². The van der Waals surface area contributed by atoms with Crippen LogP contribution in [-0.2, 0) is 4.79 Å². The van der Waals surface area contributed by atoms with Crippen molar-refractivity contribution >= 4 is 11.6 Å². The number of anilines is 1. The molecule has 0 aromatic heterocycles. The lowest BCUT2D eigenvalue weighted by molar-refractivity contribution is -0.118. The Labute approximate surface area is 171 Å². The van der Waals surface area contributed by atoms with E-state index in [0.717, 1.165) is 17.0 Å². The predicted molar refractivity (Wildman–Crippen MR) is 116 cm³/mol. The van der Waals surface area contributed by atoms with Crippen LogP contribution in [0.5, 0.6) is 5.75 Å². The zero-order valence-electron chi connectivity index (χ0n) is 16.5. The lowest BCUT2D eigenvalue weighted by Gasteiger charge is -2.26. The van der Waals surface area contributed by atoms with E-state index in [1.165, 1.54) is 18.4 Å². The quantitative estimate of drug-likeness (QED) is 0.565. The molecular formula is C25H26N2O2. The van der Waals surface area contributed by atoms with Gasteiger partial charge in [0.1, 0.15) is 11.8 Å². The number of hydrogen-bond acceptors (Lipinski definition) is 3. The Balaban J connectivity index is 1.60. The van der Waals surface area contributed by atoms with Gasteiger partial charge < -0.3 is 10.1 Å². The van der Waals surface area contributed by atoms with E-state index in [9.17, 15) is 4.79 Å². The van der Waals surface area contributed by atoms with Crippen LogP contribution >= 0.6 is 0 Å². The molecule has 2 unspecified atom stereocenters. The normalized spacial score (nSPS) is 15.3. The minimum absolute atomic E-state index is 0.0541. The molecule has 4 heteroatoms. The van der Waals surface area contributed by atoms with E-state index in [4.69, 9.17) is 4.74 Å². The fraction of sp³-hybridized carbons (Fsp3) is 0.240. The van der Waals surface area contributed by atoms with Gasteiger partial charge in [-0.15, -0.1) is 0 Å². The van der Waals surface area contributed by atoms with Crippen molar-refractivity contribution in [3.63, 3.8) is 0 Å². The molecule has 1 fully saturated rings. The Kier molecular flexibility index (Phi) is 5.92.